The van der Waals surface area contributed by atoms with Crippen LogP contribution in [0.5, 0.6) is 5.75 Å². The number of methoxy groups -OCH3 is 1. The molecule has 1 fully saturated rings. The number of ether oxygens (including phenoxy) is 2. The first-order valence-corrected chi connectivity index (χ1v) is 8.97. The van der Waals surface area contributed by atoms with Gasteiger partial charge in [-0.1, -0.05) is 30.3 Å². The van der Waals surface area contributed by atoms with E-state index in [4.69, 9.17) is 9.47 Å². The highest BCUT2D eigenvalue weighted by Gasteiger charge is 2.29. The number of morpholine rings is 1. The zero-order valence-corrected chi connectivity index (χ0v) is 15.6. The molecule has 1 N–H and O–H groups in total. The van der Waals surface area contributed by atoms with Crippen molar-refractivity contribution in [2.45, 2.75) is 19.1 Å². The summed E-state index contributed by atoms with van der Waals surface area (Å²) in [5.41, 5.74) is 1.53. The van der Waals surface area contributed by atoms with E-state index in [0.717, 1.165) is 5.56 Å². The lowest BCUT2D eigenvalue weighted by Gasteiger charge is -2.37. The largest absolute Gasteiger partial charge is 0.497 e. The fourth-order valence-electron chi connectivity index (χ4n) is 3.12. The van der Waals surface area contributed by atoms with Gasteiger partial charge in [-0.05, 0) is 36.8 Å². The Bertz CT molecular complexity index is 777. The van der Waals surface area contributed by atoms with Gasteiger partial charge in [0.25, 0.3) is 5.91 Å². The van der Waals surface area contributed by atoms with Crippen LogP contribution < -0.4 is 10.1 Å². The Morgan fingerprint density at radius 3 is 2.48 bits per heavy atom. The van der Waals surface area contributed by atoms with Crippen LogP contribution in [-0.2, 0) is 9.53 Å². The highest BCUT2D eigenvalue weighted by molar-refractivity contribution is 5.96. The number of carbonyl (C=O) groups excluding carboxylic acids is 2. The van der Waals surface area contributed by atoms with Gasteiger partial charge in [0.05, 0.1) is 26.3 Å². The molecule has 1 aliphatic heterocycles. The van der Waals surface area contributed by atoms with E-state index in [9.17, 15) is 9.59 Å². The zero-order valence-electron chi connectivity index (χ0n) is 15.6. The van der Waals surface area contributed by atoms with Gasteiger partial charge in [0.2, 0.25) is 5.91 Å². The lowest BCUT2D eigenvalue weighted by Crippen LogP contribution is -2.49. The lowest BCUT2D eigenvalue weighted by atomic mass is 10.1. The van der Waals surface area contributed by atoms with Crippen LogP contribution in [0.2, 0.25) is 0 Å². The average Bonchev–Trinajstić information content (AvgIpc) is 2.72. The van der Waals surface area contributed by atoms with Crippen molar-refractivity contribution in [3.8, 4) is 5.75 Å². The van der Waals surface area contributed by atoms with Crippen LogP contribution >= 0.6 is 0 Å². The van der Waals surface area contributed by atoms with E-state index in [1.54, 1.807) is 36.3 Å². The summed E-state index contributed by atoms with van der Waals surface area (Å²) in [5, 5.41) is 2.69. The standard InChI is InChI=1S/C21H24N2O4/c1-15-13-23(14-19(27-15)16-6-4-3-5-7-16)20(24)12-22-21(25)17-8-10-18(26-2)11-9-17/h3-11,15,19H,12-14H2,1-2H3,(H,22,25)/t15-,19-/m1/s1. The first kappa shape index (κ1) is 18.9. The second-order valence-corrected chi connectivity index (χ2v) is 6.56. The van der Waals surface area contributed by atoms with Crippen LogP contribution in [0.3, 0.4) is 0 Å². The molecule has 0 aromatic heterocycles. The molecule has 142 valence electrons. The van der Waals surface area contributed by atoms with E-state index < -0.39 is 0 Å². The predicted molar refractivity (Wildman–Crippen MR) is 102 cm³/mol. The average molecular weight is 368 g/mol. The van der Waals surface area contributed by atoms with Crippen LogP contribution in [0.25, 0.3) is 0 Å². The molecule has 2 amide bonds. The van der Waals surface area contributed by atoms with Crippen LogP contribution in [0.1, 0.15) is 28.9 Å². The predicted octanol–water partition coefficient (Wildman–Crippen LogP) is 2.41. The van der Waals surface area contributed by atoms with E-state index in [-0.39, 0.29) is 30.6 Å². The third-order valence-corrected chi connectivity index (χ3v) is 4.54. The number of nitrogens with zero attached hydrogens (tertiary/aromatic N) is 1. The minimum atomic E-state index is -0.285. The Balaban J connectivity index is 1.57. The third kappa shape index (κ3) is 4.86. The minimum Gasteiger partial charge on any atom is -0.497 e. The Morgan fingerprint density at radius 1 is 1.11 bits per heavy atom. The van der Waals surface area contributed by atoms with Crippen LogP contribution in [0.15, 0.2) is 54.6 Å². The topological polar surface area (TPSA) is 67.9 Å². The van der Waals surface area contributed by atoms with E-state index in [2.05, 4.69) is 5.32 Å². The Morgan fingerprint density at radius 2 is 1.81 bits per heavy atom. The molecule has 0 aliphatic carbocycles. The first-order chi connectivity index (χ1) is 13.1. The second kappa shape index (κ2) is 8.68. The summed E-state index contributed by atoms with van der Waals surface area (Å²) in [5.74, 6) is 0.275. The van der Waals surface area contributed by atoms with E-state index >= 15 is 0 Å². The maximum atomic E-state index is 12.6. The molecule has 0 spiro atoms. The summed E-state index contributed by atoms with van der Waals surface area (Å²) in [4.78, 5) is 26.6. The van der Waals surface area contributed by atoms with Gasteiger partial charge >= 0.3 is 0 Å². The lowest BCUT2D eigenvalue weighted by molar-refractivity contribution is -0.143. The smallest absolute Gasteiger partial charge is 0.251 e. The van der Waals surface area contributed by atoms with E-state index in [0.29, 0.717) is 24.4 Å². The molecular weight excluding hydrogens is 344 g/mol. The normalized spacial score (nSPS) is 19.4. The molecule has 0 unspecified atom stereocenters. The van der Waals surface area contributed by atoms with Gasteiger partial charge in [-0.15, -0.1) is 0 Å². The summed E-state index contributed by atoms with van der Waals surface area (Å²) in [6.07, 6.45) is -0.221. The number of carbonyl (C=O) groups is 2. The van der Waals surface area contributed by atoms with Gasteiger partial charge in [0, 0.05) is 12.1 Å². The van der Waals surface area contributed by atoms with Crippen LogP contribution in [0.4, 0.5) is 0 Å². The van der Waals surface area contributed by atoms with Crippen molar-refractivity contribution in [2.24, 2.45) is 0 Å². The molecule has 1 saturated heterocycles. The number of hydrogen-bond acceptors (Lipinski definition) is 4. The van der Waals surface area contributed by atoms with E-state index in [1.807, 2.05) is 37.3 Å². The number of amides is 2. The van der Waals surface area contributed by atoms with Gasteiger partial charge in [0.1, 0.15) is 11.9 Å². The van der Waals surface area contributed by atoms with Crippen LogP contribution in [0, 0.1) is 0 Å². The highest BCUT2D eigenvalue weighted by Crippen LogP contribution is 2.25. The number of benzene rings is 2. The van der Waals surface area contributed by atoms with Crippen molar-refractivity contribution < 1.29 is 19.1 Å². The van der Waals surface area contributed by atoms with Gasteiger partial charge < -0.3 is 19.7 Å². The molecule has 0 radical (unpaired) electrons. The molecule has 6 heteroatoms. The van der Waals surface area contributed by atoms with Crippen molar-refractivity contribution in [3.05, 3.63) is 65.7 Å². The van der Waals surface area contributed by atoms with Crippen molar-refractivity contribution in [3.63, 3.8) is 0 Å². The molecule has 2 aromatic carbocycles. The molecule has 3 rings (SSSR count). The quantitative estimate of drug-likeness (QED) is 0.880. The fraction of sp³-hybridized carbons (Fsp3) is 0.333. The number of hydrogen-bond donors (Lipinski definition) is 1. The fourth-order valence-corrected chi connectivity index (χ4v) is 3.12. The van der Waals surface area contributed by atoms with Crippen molar-refractivity contribution >= 4 is 11.8 Å². The summed E-state index contributed by atoms with van der Waals surface area (Å²) < 4.78 is 11.1. The minimum absolute atomic E-state index is 0.0426. The van der Waals surface area contributed by atoms with Crippen molar-refractivity contribution in [1.29, 1.82) is 0 Å². The molecule has 2 atom stereocenters. The molecule has 6 nitrogen and oxygen atoms in total. The first-order valence-electron chi connectivity index (χ1n) is 8.97. The van der Waals surface area contributed by atoms with Crippen molar-refractivity contribution in [1.82, 2.24) is 10.2 Å². The molecule has 1 aliphatic rings. The zero-order chi connectivity index (χ0) is 19.2. The molecule has 0 saturated carbocycles. The Labute approximate surface area is 159 Å². The SMILES string of the molecule is COc1ccc(C(=O)NCC(=O)N2C[C@@H](C)O[C@@H](c3ccccc3)C2)cc1. The molecular formula is C21H24N2O4. The van der Waals surface area contributed by atoms with Gasteiger partial charge in [-0.2, -0.15) is 0 Å². The summed E-state index contributed by atoms with van der Waals surface area (Å²) in [7, 11) is 1.57. The van der Waals surface area contributed by atoms with Gasteiger partial charge in [-0.3, -0.25) is 9.59 Å². The summed E-state index contributed by atoms with van der Waals surface area (Å²) in [6, 6.07) is 16.6. The van der Waals surface area contributed by atoms with E-state index in [1.165, 1.54) is 0 Å². The van der Waals surface area contributed by atoms with Crippen LogP contribution in [-0.4, -0.2) is 49.6 Å². The monoisotopic (exact) mass is 368 g/mol. The number of rotatable bonds is 5. The third-order valence-electron chi connectivity index (χ3n) is 4.54. The molecule has 0 bridgehead atoms. The number of nitrogens with one attached hydrogen (secondary N) is 1. The summed E-state index contributed by atoms with van der Waals surface area (Å²) >= 11 is 0. The molecule has 2 aromatic rings. The molecule has 27 heavy (non-hydrogen) atoms. The van der Waals surface area contributed by atoms with Gasteiger partial charge in [0.15, 0.2) is 0 Å². The van der Waals surface area contributed by atoms with Gasteiger partial charge in [-0.25, -0.2) is 0 Å². The summed E-state index contributed by atoms with van der Waals surface area (Å²) in [6.45, 7) is 2.90. The Kier molecular flexibility index (Phi) is 6.08. The second-order valence-electron chi connectivity index (χ2n) is 6.56. The Hall–Kier alpha value is -2.86. The maximum Gasteiger partial charge on any atom is 0.251 e. The molecule has 1 heterocycles. The van der Waals surface area contributed by atoms with Crippen molar-refractivity contribution in [2.75, 3.05) is 26.7 Å². The highest BCUT2D eigenvalue weighted by atomic mass is 16.5. The maximum absolute atomic E-state index is 12.6.